The second kappa shape index (κ2) is 4.24. The second-order valence-electron chi connectivity index (χ2n) is 4.97. The summed E-state index contributed by atoms with van der Waals surface area (Å²) in [7, 11) is 0. The van der Waals surface area contributed by atoms with E-state index in [1.54, 1.807) is 20.8 Å². The Kier molecular flexibility index (Phi) is 3.52. The minimum Gasteiger partial charge on any atom is -0.459 e. The molecular formula is C10H16F3NO2. The predicted molar refractivity (Wildman–Crippen MR) is 51.8 cm³/mol. The minimum absolute atomic E-state index is 0.215. The molecule has 1 aliphatic rings. The molecule has 1 rings (SSSR count). The van der Waals surface area contributed by atoms with Gasteiger partial charge in [0.2, 0.25) is 0 Å². The van der Waals surface area contributed by atoms with Gasteiger partial charge < -0.3 is 10.1 Å². The normalized spacial score (nSPS) is 26.9. The van der Waals surface area contributed by atoms with Gasteiger partial charge in [0.05, 0.1) is 5.92 Å². The summed E-state index contributed by atoms with van der Waals surface area (Å²) >= 11 is 0. The van der Waals surface area contributed by atoms with E-state index in [1.807, 2.05) is 0 Å². The van der Waals surface area contributed by atoms with Crippen molar-refractivity contribution in [3.05, 3.63) is 0 Å². The average molecular weight is 239 g/mol. The van der Waals surface area contributed by atoms with Crippen LogP contribution in [-0.4, -0.2) is 30.3 Å². The molecular weight excluding hydrogens is 223 g/mol. The molecule has 1 N–H and O–H groups in total. The lowest BCUT2D eigenvalue weighted by Crippen LogP contribution is -2.37. The van der Waals surface area contributed by atoms with Gasteiger partial charge in [0.15, 0.2) is 0 Å². The van der Waals surface area contributed by atoms with Gasteiger partial charge in [0.25, 0.3) is 0 Å². The number of carbonyl (C=O) groups is 1. The molecule has 0 bridgehead atoms. The van der Waals surface area contributed by atoms with E-state index in [2.05, 4.69) is 5.32 Å². The molecule has 3 nitrogen and oxygen atoms in total. The maximum absolute atomic E-state index is 12.3. The Bertz CT molecular complexity index is 270. The number of hydrogen-bond acceptors (Lipinski definition) is 3. The van der Waals surface area contributed by atoms with Crippen LogP contribution in [0.15, 0.2) is 0 Å². The molecule has 0 spiro atoms. The van der Waals surface area contributed by atoms with Gasteiger partial charge in [-0.1, -0.05) is 0 Å². The topological polar surface area (TPSA) is 38.3 Å². The summed E-state index contributed by atoms with van der Waals surface area (Å²) in [4.78, 5) is 11.5. The van der Waals surface area contributed by atoms with Crippen LogP contribution in [0.2, 0.25) is 0 Å². The molecule has 1 heterocycles. The largest absolute Gasteiger partial charge is 0.459 e. The van der Waals surface area contributed by atoms with Crippen LogP contribution in [-0.2, 0) is 9.53 Å². The van der Waals surface area contributed by atoms with E-state index < -0.39 is 29.7 Å². The van der Waals surface area contributed by atoms with Crippen molar-refractivity contribution in [3.63, 3.8) is 0 Å². The van der Waals surface area contributed by atoms with Gasteiger partial charge in [-0.2, -0.15) is 13.2 Å². The van der Waals surface area contributed by atoms with Gasteiger partial charge >= 0.3 is 12.1 Å². The maximum atomic E-state index is 12.3. The first-order valence-corrected chi connectivity index (χ1v) is 5.12. The molecule has 0 unspecified atom stereocenters. The van der Waals surface area contributed by atoms with Gasteiger partial charge in [-0.15, -0.1) is 0 Å². The summed E-state index contributed by atoms with van der Waals surface area (Å²) in [5.41, 5.74) is -0.672. The van der Waals surface area contributed by atoms with Crippen molar-refractivity contribution in [3.8, 4) is 0 Å². The average Bonchev–Trinajstić information content (AvgIpc) is 2.46. The third-order valence-electron chi connectivity index (χ3n) is 2.29. The molecule has 0 aliphatic carbocycles. The van der Waals surface area contributed by atoms with Crippen molar-refractivity contribution in [2.45, 2.75) is 45.0 Å². The van der Waals surface area contributed by atoms with Crippen LogP contribution in [0.3, 0.4) is 0 Å². The molecule has 1 aliphatic heterocycles. The van der Waals surface area contributed by atoms with E-state index in [0.717, 1.165) is 0 Å². The third kappa shape index (κ3) is 3.66. The summed E-state index contributed by atoms with van der Waals surface area (Å²) in [6.45, 7) is 4.83. The predicted octanol–water partition coefficient (Wildman–Crippen LogP) is 1.87. The Morgan fingerprint density at radius 2 is 1.88 bits per heavy atom. The van der Waals surface area contributed by atoms with E-state index in [1.165, 1.54) is 0 Å². The number of nitrogens with one attached hydrogen (secondary N) is 1. The van der Waals surface area contributed by atoms with Crippen LogP contribution in [0, 0.1) is 5.92 Å². The van der Waals surface area contributed by atoms with Crippen molar-refractivity contribution in [2.24, 2.45) is 5.92 Å². The number of hydrogen-bond donors (Lipinski definition) is 1. The second-order valence-corrected chi connectivity index (χ2v) is 4.97. The summed E-state index contributed by atoms with van der Waals surface area (Å²) < 4.78 is 42.0. The fourth-order valence-corrected chi connectivity index (χ4v) is 1.54. The summed E-state index contributed by atoms with van der Waals surface area (Å²) in [5.74, 6) is -2.07. The Balaban J connectivity index is 2.51. The highest BCUT2D eigenvalue weighted by molar-refractivity contribution is 5.76. The Morgan fingerprint density at radius 1 is 1.31 bits per heavy atom. The Morgan fingerprint density at radius 3 is 2.25 bits per heavy atom. The first kappa shape index (κ1) is 13.3. The minimum atomic E-state index is -4.25. The highest BCUT2D eigenvalue weighted by Gasteiger charge is 2.46. The van der Waals surface area contributed by atoms with Gasteiger partial charge in [0, 0.05) is 6.54 Å². The zero-order valence-corrected chi connectivity index (χ0v) is 9.52. The molecule has 16 heavy (non-hydrogen) atoms. The molecule has 0 aromatic heterocycles. The number of ether oxygens (including phenoxy) is 1. The van der Waals surface area contributed by atoms with Crippen molar-refractivity contribution >= 4 is 5.97 Å². The van der Waals surface area contributed by atoms with Crippen LogP contribution in [0.25, 0.3) is 0 Å². The monoisotopic (exact) mass is 239 g/mol. The Labute approximate surface area is 92.3 Å². The van der Waals surface area contributed by atoms with Gasteiger partial charge in [-0.05, 0) is 27.2 Å². The number of halogens is 3. The van der Waals surface area contributed by atoms with Crippen LogP contribution in [0.1, 0.15) is 27.2 Å². The maximum Gasteiger partial charge on any atom is 0.393 e. The van der Waals surface area contributed by atoms with E-state index in [4.69, 9.17) is 4.74 Å². The molecule has 1 fully saturated rings. The highest BCUT2D eigenvalue weighted by atomic mass is 19.4. The quantitative estimate of drug-likeness (QED) is 0.710. The fraction of sp³-hybridized carbons (Fsp3) is 0.900. The summed E-state index contributed by atoms with van der Waals surface area (Å²) in [5, 5.41) is 2.54. The molecule has 2 atom stereocenters. The van der Waals surface area contributed by atoms with Crippen LogP contribution < -0.4 is 5.32 Å². The molecule has 0 aromatic rings. The smallest absolute Gasteiger partial charge is 0.393 e. The number of alkyl halides is 3. The lowest BCUT2D eigenvalue weighted by Gasteiger charge is -2.22. The molecule has 0 aromatic carbocycles. The zero-order valence-electron chi connectivity index (χ0n) is 9.52. The van der Waals surface area contributed by atoms with Crippen molar-refractivity contribution in [2.75, 3.05) is 6.54 Å². The molecule has 0 saturated carbocycles. The standard InChI is InChI=1S/C10H16F3NO2/c1-9(2,3)16-8(15)7-4-6(5-14-7)10(11,12)13/h6-7,14H,4-5H2,1-3H3/t6-,7-/m0/s1. The van der Waals surface area contributed by atoms with Gasteiger partial charge in [0.1, 0.15) is 11.6 Å². The summed E-state index contributed by atoms with van der Waals surface area (Å²) in [6.07, 6.45) is -4.48. The third-order valence-corrected chi connectivity index (χ3v) is 2.29. The number of esters is 1. The summed E-state index contributed by atoms with van der Waals surface area (Å²) in [6, 6.07) is -0.842. The van der Waals surface area contributed by atoms with Crippen molar-refractivity contribution in [1.82, 2.24) is 5.32 Å². The molecule has 94 valence electrons. The molecule has 6 heteroatoms. The van der Waals surface area contributed by atoms with Crippen LogP contribution in [0.4, 0.5) is 13.2 Å². The fourth-order valence-electron chi connectivity index (χ4n) is 1.54. The number of rotatable bonds is 1. The van der Waals surface area contributed by atoms with E-state index >= 15 is 0 Å². The highest BCUT2D eigenvalue weighted by Crippen LogP contribution is 2.32. The molecule has 0 radical (unpaired) electrons. The lowest BCUT2D eigenvalue weighted by molar-refractivity contribution is -0.170. The first-order chi connectivity index (χ1) is 7.09. The van der Waals surface area contributed by atoms with Crippen LogP contribution in [0.5, 0.6) is 0 Å². The first-order valence-electron chi connectivity index (χ1n) is 5.12. The molecule has 1 saturated heterocycles. The van der Waals surface area contributed by atoms with E-state index in [9.17, 15) is 18.0 Å². The molecule has 0 amide bonds. The van der Waals surface area contributed by atoms with Gasteiger partial charge in [-0.25, -0.2) is 0 Å². The van der Waals surface area contributed by atoms with Crippen molar-refractivity contribution < 1.29 is 22.7 Å². The van der Waals surface area contributed by atoms with Gasteiger partial charge in [-0.3, -0.25) is 4.79 Å². The number of carbonyl (C=O) groups excluding carboxylic acids is 1. The van der Waals surface area contributed by atoms with E-state index in [-0.39, 0.29) is 13.0 Å². The lowest BCUT2D eigenvalue weighted by atomic mass is 10.1. The SMILES string of the molecule is CC(C)(C)OC(=O)[C@@H]1C[C@H](C(F)(F)F)CN1. The van der Waals surface area contributed by atoms with Crippen molar-refractivity contribution in [1.29, 1.82) is 0 Å². The van der Waals surface area contributed by atoms with E-state index in [0.29, 0.717) is 0 Å². The Hall–Kier alpha value is -0.780. The zero-order chi connectivity index (χ0) is 12.6. The van der Waals surface area contributed by atoms with Crippen LogP contribution >= 0.6 is 0 Å².